The molecule has 4 saturated carbocycles. The molecule has 3 heteroatoms. The van der Waals surface area contributed by atoms with Crippen molar-refractivity contribution in [1.29, 1.82) is 0 Å². The van der Waals surface area contributed by atoms with E-state index in [0.29, 0.717) is 23.0 Å². The second-order valence-corrected chi connectivity index (χ2v) is 9.60. The van der Waals surface area contributed by atoms with Crippen molar-refractivity contribution in [3.8, 4) is 0 Å². The Morgan fingerprint density at radius 3 is 2.50 bits per heavy atom. The third-order valence-electron chi connectivity index (χ3n) is 8.97. The first kappa shape index (κ1) is 16.6. The zero-order chi connectivity index (χ0) is 17.1. The second kappa shape index (κ2) is 5.57. The Labute approximate surface area is 145 Å². The third-order valence-corrected chi connectivity index (χ3v) is 8.97. The number of rotatable bonds is 1. The van der Waals surface area contributed by atoms with Crippen molar-refractivity contribution in [2.45, 2.75) is 71.6 Å². The minimum Gasteiger partial charge on any atom is -0.469 e. The van der Waals surface area contributed by atoms with Gasteiger partial charge in [0.15, 0.2) is 0 Å². The standard InChI is InChI=1S/C21H32O3/c1-20-10-8-14(22)12-13(20)4-5-15-16-6-7-18(19(23)24-3)21(16,2)11-9-17(15)20/h13,15-18H,4-12H2,1-3H3/t13-,15-,16+,17-,18-,20-,21+/m0/s1. The molecule has 0 radical (unpaired) electrons. The first-order valence-corrected chi connectivity index (χ1v) is 9.99. The lowest BCUT2D eigenvalue weighted by atomic mass is 9.45. The summed E-state index contributed by atoms with van der Waals surface area (Å²) < 4.78 is 5.13. The molecule has 0 bridgehead atoms. The molecular weight excluding hydrogens is 300 g/mol. The van der Waals surface area contributed by atoms with Crippen LogP contribution in [0, 0.1) is 40.4 Å². The quantitative estimate of drug-likeness (QED) is 0.669. The van der Waals surface area contributed by atoms with Gasteiger partial charge in [-0.1, -0.05) is 13.8 Å². The van der Waals surface area contributed by atoms with Gasteiger partial charge in [-0.05, 0) is 79.4 Å². The van der Waals surface area contributed by atoms with Crippen LogP contribution >= 0.6 is 0 Å². The summed E-state index contributed by atoms with van der Waals surface area (Å²) in [4.78, 5) is 24.3. The minimum atomic E-state index is 0.0154. The van der Waals surface area contributed by atoms with Crippen molar-refractivity contribution < 1.29 is 14.3 Å². The summed E-state index contributed by atoms with van der Waals surface area (Å²) in [5, 5.41) is 0. The number of hydrogen-bond acceptors (Lipinski definition) is 3. The average molecular weight is 332 g/mol. The molecule has 7 atom stereocenters. The van der Waals surface area contributed by atoms with Crippen LogP contribution in [0.25, 0.3) is 0 Å². The fourth-order valence-electron chi connectivity index (χ4n) is 7.57. The number of ether oxygens (including phenoxy) is 1. The molecule has 0 aromatic rings. The topological polar surface area (TPSA) is 43.4 Å². The van der Waals surface area contributed by atoms with Gasteiger partial charge in [0.05, 0.1) is 13.0 Å². The van der Waals surface area contributed by atoms with E-state index in [9.17, 15) is 9.59 Å². The SMILES string of the molecule is COC(=O)[C@@H]1CC[C@@H]2[C@@H]3CC[C@H]4CC(=O)CC[C@]4(C)[C@H]3CC[C@]21C. The lowest BCUT2D eigenvalue weighted by molar-refractivity contribution is -0.157. The highest BCUT2D eigenvalue weighted by molar-refractivity contribution is 5.79. The van der Waals surface area contributed by atoms with E-state index in [0.717, 1.165) is 43.9 Å². The number of Topliss-reactive ketones (excluding diaryl/α,β-unsaturated/α-hetero) is 1. The molecule has 4 rings (SSSR count). The maximum Gasteiger partial charge on any atom is 0.309 e. The Morgan fingerprint density at radius 1 is 1.00 bits per heavy atom. The van der Waals surface area contributed by atoms with E-state index in [-0.39, 0.29) is 17.3 Å². The molecule has 0 aromatic carbocycles. The van der Waals surface area contributed by atoms with Gasteiger partial charge >= 0.3 is 5.97 Å². The van der Waals surface area contributed by atoms with Gasteiger partial charge in [-0.25, -0.2) is 0 Å². The summed E-state index contributed by atoms with van der Waals surface area (Å²) in [6.07, 6.45) is 9.82. The Balaban J connectivity index is 1.61. The van der Waals surface area contributed by atoms with Gasteiger partial charge in [-0.3, -0.25) is 9.59 Å². The molecular formula is C21H32O3. The molecule has 0 aliphatic heterocycles. The zero-order valence-electron chi connectivity index (χ0n) is 15.5. The number of ketones is 1. The summed E-state index contributed by atoms with van der Waals surface area (Å²) in [5.41, 5.74) is 0.503. The Hall–Kier alpha value is -0.860. The van der Waals surface area contributed by atoms with Gasteiger partial charge in [-0.15, -0.1) is 0 Å². The summed E-state index contributed by atoms with van der Waals surface area (Å²) in [6, 6.07) is 0. The molecule has 24 heavy (non-hydrogen) atoms. The summed E-state index contributed by atoms with van der Waals surface area (Å²) in [7, 11) is 1.54. The predicted octanol–water partition coefficient (Wildman–Crippen LogP) is 4.39. The van der Waals surface area contributed by atoms with Crippen LogP contribution in [-0.4, -0.2) is 18.9 Å². The zero-order valence-corrected chi connectivity index (χ0v) is 15.5. The fraction of sp³-hybridized carbons (Fsp3) is 0.905. The van der Waals surface area contributed by atoms with Gasteiger partial charge in [0, 0.05) is 12.8 Å². The lowest BCUT2D eigenvalue weighted by Gasteiger charge is -2.60. The van der Waals surface area contributed by atoms with Crippen LogP contribution in [0.15, 0.2) is 0 Å². The highest BCUT2D eigenvalue weighted by Crippen LogP contribution is 2.67. The number of esters is 1. The second-order valence-electron chi connectivity index (χ2n) is 9.60. The van der Waals surface area contributed by atoms with Crippen molar-refractivity contribution in [2.75, 3.05) is 7.11 Å². The van der Waals surface area contributed by atoms with Crippen LogP contribution in [-0.2, 0) is 14.3 Å². The van der Waals surface area contributed by atoms with Crippen molar-refractivity contribution >= 4 is 11.8 Å². The van der Waals surface area contributed by atoms with Crippen LogP contribution in [0.5, 0.6) is 0 Å². The summed E-state index contributed by atoms with van der Waals surface area (Å²) in [5.74, 6) is 3.42. The van der Waals surface area contributed by atoms with E-state index >= 15 is 0 Å². The number of carbonyl (C=O) groups excluding carboxylic acids is 2. The largest absolute Gasteiger partial charge is 0.469 e. The summed E-state index contributed by atoms with van der Waals surface area (Å²) >= 11 is 0. The average Bonchev–Trinajstić information content (AvgIpc) is 2.92. The Kier molecular flexibility index (Phi) is 3.85. The van der Waals surface area contributed by atoms with E-state index in [1.165, 1.54) is 32.8 Å². The lowest BCUT2D eigenvalue weighted by Crippen LogP contribution is -2.54. The van der Waals surface area contributed by atoms with E-state index in [2.05, 4.69) is 13.8 Å². The van der Waals surface area contributed by atoms with Crippen molar-refractivity contribution in [3.05, 3.63) is 0 Å². The van der Waals surface area contributed by atoms with E-state index < -0.39 is 0 Å². The van der Waals surface area contributed by atoms with E-state index in [4.69, 9.17) is 4.74 Å². The monoisotopic (exact) mass is 332 g/mol. The molecule has 0 aromatic heterocycles. The Bertz CT molecular complexity index is 555. The normalized spacial score (nSPS) is 50.6. The minimum absolute atomic E-state index is 0.0154. The molecule has 0 amide bonds. The van der Waals surface area contributed by atoms with Gasteiger partial charge in [-0.2, -0.15) is 0 Å². The molecule has 0 heterocycles. The van der Waals surface area contributed by atoms with Crippen molar-refractivity contribution in [2.24, 2.45) is 40.4 Å². The number of methoxy groups -OCH3 is 1. The molecule has 3 nitrogen and oxygen atoms in total. The molecule has 4 aliphatic carbocycles. The molecule has 134 valence electrons. The van der Waals surface area contributed by atoms with E-state index in [1.54, 1.807) is 0 Å². The van der Waals surface area contributed by atoms with Crippen LogP contribution in [0.2, 0.25) is 0 Å². The van der Waals surface area contributed by atoms with Crippen LogP contribution in [0.4, 0.5) is 0 Å². The van der Waals surface area contributed by atoms with Gasteiger partial charge in [0.1, 0.15) is 5.78 Å². The van der Waals surface area contributed by atoms with Gasteiger partial charge < -0.3 is 4.74 Å². The highest BCUT2D eigenvalue weighted by Gasteiger charge is 2.61. The number of carbonyl (C=O) groups is 2. The third kappa shape index (κ3) is 2.15. The maximum absolute atomic E-state index is 12.3. The summed E-state index contributed by atoms with van der Waals surface area (Å²) in [6.45, 7) is 4.84. The molecule has 0 N–H and O–H groups in total. The molecule has 4 fully saturated rings. The highest BCUT2D eigenvalue weighted by atomic mass is 16.5. The van der Waals surface area contributed by atoms with Crippen molar-refractivity contribution in [1.82, 2.24) is 0 Å². The van der Waals surface area contributed by atoms with Crippen molar-refractivity contribution in [3.63, 3.8) is 0 Å². The van der Waals surface area contributed by atoms with Crippen LogP contribution < -0.4 is 0 Å². The maximum atomic E-state index is 12.3. The molecule has 0 spiro atoms. The van der Waals surface area contributed by atoms with E-state index in [1.807, 2.05) is 0 Å². The molecule has 0 unspecified atom stereocenters. The Morgan fingerprint density at radius 2 is 1.75 bits per heavy atom. The fourth-order valence-corrected chi connectivity index (χ4v) is 7.57. The first-order chi connectivity index (χ1) is 11.4. The smallest absolute Gasteiger partial charge is 0.309 e. The van der Waals surface area contributed by atoms with Crippen LogP contribution in [0.3, 0.4) is 0 Å². The van der Waals surface area contributed by atoms with Gasteiger partial charge in [0.25, 0.3) is 0 Å². The first-order valence-electron chi connectivity index (χ1n) is 9.99. The molecule has 0 saturated heterocycles. The molecule has 4 aliphatic rings. The number of hydrogen-bond donors (Lipinski definition) is 0. The van der Waals surface area contributed by atoms with Crippen LogP contribution in [0.1, 0.15) is 71.6 Å². The predicted molar refractivity (Wildman–Crippen MR) is 92.2 cm³/mol. The van der Waals surface area contributed by atoms with Gasteiger partial charge in [0.2, 0.25) is 0 Å². The number of fused-ring (bicyclic) bond motifs is 5.